The van der Waals surface area contributed by atoms with Gasteiger partial charge in [0.2, 0.25) is 0 Å². The van der Waals surface area contributed by atoms with Crippen molar-refractivity contribution in [3.05, 3.63) is 0 Å². The summed E-state index contributed by atoms with van der Waals surface area (Å²) in [5.41, 5.74) is 3.79. The van der Waals surface area contributed by atoms with Crippen LogP contribution in [0.15, 0.2) is 20.4 Å². The van der Waals surface area contributed by atoms with E-state index in [-0.39, 0.29) is 0 Å². The summed E-state index contributed by atoms with van der Waals surface area (Å²) in [6, 6.07) is 0. The fourth-order valence-electron chi connectivity index (χ4n) is 0.812. The Balaban J connectivity index is 4.36. The highest BCUT2D eigenvalue weighted by Gasteiger charge is 1.95. The molecule has 0 atom stereocenters. The molecule has 0 aromatic rings. The van der Waals surface area contributed by atoms with Gasteiger partial charge in [-0.15, -0.1) is 0 Å². The minimum absolute atomic E-state index is 0.716. The SMILES string of the molecule is CC(C)=N/N=C(/C)C/C(C)=N\N=C(C)C. The van der Waals surface area contributed by atoms with Gasteiger partial charge < -0.3 is 0 Å². The summed E-state index contributed by atoms with van der Waals surface area (Å²) in [5.74, 6) is 0. The summed E-state index contributed by atoms with van der Waals surface area (Å²) in [6.45, 7) is 11.6. The first kappa shape index (κ1) is 13.7. The third kappa shape index (κ3) is 9.00. The van der Waals surface area contributed by atoms with Crippen molar-refractivity contribution in [1.82, 2.24) is 0 Å². The zero-order chi connectivity index (χ0) is 11.8. The lowest BCUT2D eigenvalue weighted by atomic mass is 10.2. The summed E-state index contributed by atoms with van der Waals surface area (Å²) >= 11 is 0. The Morgan fingerprint density at radius 1 is 0.600 bits per heavy atom. The molecule has 4 heteroatoms. The van der Waals surface area contributed by atoms with Gasteiger partial charge >= 0.3 is 0 Å². The van der Waals surface area contributed by atoms with Gasteiger partial charge in [-0.25, -0.2) is 0 Å². The van der Waals surface area contributed by atoms with Crippen LogP contribution in [-0.4, -0.2) is 22.8 Å². The molecule has 0 amide bonds. The highest BCUT2D eigenvalue weighted by atomic mass is 15.2. The number of hydrogen-bond donors (Lipinski definition) is 0. The highest BCUT2D eigenvalue weighted by molar-refractivity contribution is 6.02. The predicted molar refractivity (Wildman–Crippen MR) is 68.4 cm³/mol. The van der Waals surface area contributed by atoms with E-state index in [9.17, 15) is 0 Å². The zero-order valence-electron chi connectivity index (χ0n) is 10.5. The molecule has 0 unspecified atom stereocenters. The Bertz CT molecular complexity index is 281. The third-order valence-corrected chi connectivity index (χ3v) is 1.35. The average Bonchev–Trinajstić information content (AvgIpc) is 2.11. The second-order valence-corrected chi connectivity index (χ2v) is 3.94. The van der Waals surface area contributed by atoms with E-state index < -0.39 is 0 Å². The molecule has 0 fully saturated rings. The summed E-state index contributed by atoms with van der Waals surface area (Å²) in [6.07, 6.45) is 0.716. The molecule has 0 heterocycles. The maximum atomic E-state index is 4.07. The standard InChI is InChI=1S/C11H20N4/c1-8(2)12-14-10(5)7-11(6)15-13-9(3)4/h7H2,1-6H3/b14-10-,15-11-. The van der Waals surface area contributed by atoms with Gasteiger partial charge in [-0.3, -0.25) is 0 Å². The summed E-state index contributed by atoms with van der Waals surface area (Å²) in [4.78, 5) is 0. The Labute approximate surface area is 91.9 Å². The van der Waals surface area contributed by atoms with Crippen LogP contribution in [-0.2, 0) is 0 Å². The van der Waals surface area contributed by atoms with Gasteiger partial charge in [0.25, 0.3) is 0 Å². The van der Waals surface area contributed by atoms with E-state index in [1.807, 2.05) is 41.5 Å². The Kier molecular flexibility index (Phi) is 6.42. The molecule has 0 aliphatic rings. The van der Waals surface area contributed by atoms with Crippen molar-refractivity contribution >= 4 is 22.8 Å². The Hall–Kier alpha value is -1.32. The molecule has 0 aliphatic heterocycles. The van der Waals surface area contributed by atoms with E-state index >= 15 is 0 Å². The molecule has 0 saturated heterocycles. The topological polar surface area (TPSA) is 49.4 Å². The van der Waals surface area contributed by atoms with Crippen molar-refractivity contribution in [2.75, 3.05) is 0 Å². The van der Waals surface area contributed by atoms with Gasteiger partial charge in [0.1, 0.15) is 0 Å². The van der Waals surface area contributed by atoms with E-state index in [4.69, 9.17) is 0 Å². The second-order valence-electron chi connectivity index (χ2n) is 3.94. The molecule has 0 saturated carbocycles. The van der Waals surface area contributed by atoms with Crippen LogP contribution in [0.2, 0.25) is 0 Å². The molecule has 0 aliphatic carbocycles. The van der Waals surface area contributed by atoms with Gasteiger partial charge in [0.15, 0.2) is 0 Å². The lowest BCUT2D eigenvalue weighted by Crippen LogP contribution is -2.00. The molecule has 15 heavy (non-hydrogen) atoms. The van der Waals surface area contributed by atoms with Crippen molar-refractivity contribution in [1.29, 1.82) is 0 Å². The smallest absolute Gasteiger partial charge is 0.0431 e. The van der Waals surface area contributed by atoms with E-state index in [0.29, 0.717) is 6.42 Å². The molecule has 0 N–H and O–H groups in total. The van der Waals surface area contributed by atoms with Crippen LogP contribution in [0.4, 0.5) is 0 Å². The monoisotopic (exact) mass is 208 g/mol. The van der Waals surface area contributed by atoms with Crippen molar-refractivity contribution in [3.8, 4) is 0 Å². The van der Waals surface area contributed by atoms with E-state index in [0.717, 1.165) is 22.8 Å². The van der Waals surface area contributed by atoms with E-state index in [1.54, 1.807) is 0 Å². The minimum atomic E-state index is 0.716. The normalized spacial score (nSPS) is 12.4. The molecular formula is C11H20N4. The number of rotatable bonds is 4. The maximum Gasteiger partial charge on any atom is 0.0431 e. The van der Waals surface area contributed by atoms with Crippen LogP contribution in [0.25, 0.3) is 0 Å². The summed E-state index contributed by atoms with van der Waals surface area (Å²) in [5, 5.41) is 16.1. The minimum Gasteiger partial charge on any atom is -0.161 e. The maximum absolute atomic E-state index is 4.07. The molecule has 0 bridgehead atoms. The van der Waals surface area contributed by atoms with E-state index in [1.165, 1.54) is 0 Å². The third-order valence-electron chi connectivity index (χ3n) is 1.35. The zero-order valence-corrected chi connectivity index (χ0v) is 10.5. The quantitative estimate of drug-likeness (QED) is 0.503. The first-order valence-corrected chi connectivity index (χ1v) is 5.00. The molecule has 84 valence electrons. The van der Waals surface area contributed by atoms with Gasteiger partial charge in [-0.05, 0) is 41.5 Å². The van der Waals surface area contributed by atoms with E-state index in [2.05, 4.69) is 20.4 Å². The molecule has 0 radical (unpaired) electrons. The second kappa shape index (κ2) is 7.04. The largest absolute Gasteiger partial charge is 0.161 e. The van der Waals surface area contributed by atoms with Crippen molar-refractivity contribution in [2.24, 2.45) is 20.4 Å². The molecule has 0 rings (SSSR count). The first-order valence-electron chi connectivity index (χ1n) is 5.00. The fraction of sp³-hybridized carbons (Fsp3) is 0.636. The fourth-order valence-corrected chi connectivity index (χ4v) is 0.812. The summed E-state index contributed by atoms with van der Waals surface area (Å²) < 4.78 is 0. The number of hydrogen-bond acceptors (Lipinski definition) is 4. The average molecular weight is 208 g/mol. The van der Waals surface area contributed by atoms with Crippen LogP contribution in [0, 0.1) is 0 Å². The molecule has 0 aromatic carbocycles. The van der Waals surface area contributed by atoms with Crippen LogP contribution in [0.1, 0.15) is 48.0 Å². The van der Waals surface area contributed by atoms with Crippen LogP contribution < -0.4 is 0 Å². The number of nitrogens with zero attached hydrogens (tertiary/aromatic N) is 4. The molecular weight excluding hydrogens is 188 g/mol. The van der Waals surface area contributed by atoms with Gasteiger partial charge in [0, 0.05) is 29.3 Å². The molecule has 0 aromatic heterocycles. The Morgan fingerprint density at radius 2 is 0.933 bits per heavy atom. The van der Waals surface area contributed by atoms with Crippen LogP contribution in [0.5, 0.6) is 0 Å². The summed E-state index contributed by atoms with van der Waals surface area (Å²) in [7, 11) is 0. The lowest BCUT2D eigenvalue weighted by Gasteiger charge is -1.96. The predicted octanol–water partition coefficient (Wildman–Crippen LogP) is 3.09. The van der Waals surface area contributed by atoms with Gasteiger partial charge in [0.05, 0.1) is 0 Å². The van der Waals surface area contributed by atoms with Crippen LogP contribution in [0.3, 0.4) is 0 Å². The Morgan fingerprint density at radius 3 is 1.20 bits per heavy atom. The molecule has 4 nitrogen and oxygen atoms in total. The van der Waals surface area contributed by atoms with Crippen molar-refractivity contribution < 1.29 is 0 Å². The van der Waals surface area contributed by atoms with Crippen molar-refractivity contribution in [3.63, 3.8) is 0 Å². The highest BCUT2D eigenvalue weighted by Crippen LogP contribution is 1.93. The lowest BCUT2D eigenvalue weighted by molar-refractivity contribution is 1.16. The van der Waals surface area contributed by atoms with Gasteiger partial charge in [-0.2, -0.15) is 20.4 Å². The first-order chi connectivity index (χ1) is 6.91. The van der Waals surface area contributed by atoms with Gasteiger partial charge in [-0.1, -0.05) is 0 Å². The van der Waals surface area contributed by atoms with Crippen molar-refractivity contribution in [2.45, 2.75) is 48.0 Å². The molecule has 0 spiro atoms. The van der Waals surface area contributed by atoms with Crippen LogP contribution >= 0.6 is 0 Å².